The van der Waals surface area contributed by atoms with Gasteiger partial charge in [0, 0.05) is 25.4 Å². The molecular formula is C24H26N3O4+. The Morgan fingerprint density at radius 2 is 1.90 bits per heavy atom. The van der Waals surface area contributed by atoms with Crippen molar-refractivity contribution in [2.75, 3.05) is 39.4 Å². The molecule has 1 fully saturated rings. The molecule has 1 amide bonds. The maximum Gasteiger partial charge on any atom is 0.290 e. The maximum absolute atomic E-state index is 13.5. The van der Waals surface area contributed by atoms with Crippen LogP contribution >= 0.6 is 0 Å². The Morgan fingerprint density at radius 3 is 2.68 bits per heavy atom. The van der Waals surface area contributed by atoms with Crippen LogP contribution in [0.15, 0.2) is 51.9 Å². The summed E-state index contributed by atoms with van der Waals surface area (Å²) < 4.78 is 11.4. The van der Waals surface area contributed by atoms with Crippen LogP contribution in [0, 0.1) is 6.92 Å². The topological polar surface area (TPSA) is 77.1 Å². The molecule has 0 aliphatic carbocycles. The van der Waals surface area contributed by atoms with Gasteiger partial charge in [-0.15, -0.1) is 0 Å². The van der Waals surface area contributed by atoms with Crippen LogP contribution in [0.3, 0.4) is 0 Å². The first-order valence-electron chi connectivity index (χ1n) is 10.8. The molecule has 31 heavy (non-hydrogen) atoms. The lowest BCUT2D eigenvalue weighted by Crippen LogP contribution is -3.14. The van der Waals surface area contributed by atoms with E-state index in [9.17, 15) is 9.59 Å². The van der Waals surface area contributed by atoms with Crippen LogP contribution in [0.1, 0.15) is 39.7 Å². The van der Waals surface area contributed by atoms with E-state index in [4.69, 9.17) is 9.15 Å². The van der Waals surface area contributed by atoms with Crippen LogP contribution in [0.25, 0.3) is 11.0 Å². The number of aromatic nitrogens is 1. The number of hydrogen-bond acceptors (Lipinski definition) is 5. The highest BCUT2D eigenvalue weighted by Crippen LogP contribution is 2.37. The van der Waals surface area contributed by atoms with Gasteiger partial charge in [0.25, 0.3) is 5.91 Å². The number of morpholine rings is 1. The number of nitrogens with one attached hydrogen (secondary N) is 1. The third kappa shape index (κ3) is 3.64. The predicted octanol–water partition coefficient (Wildman–Crippen LogP) is 1.35. The van der Waals surface area contributed by atoms with Crippen LogP contribution in [0.5, 0.6) is 0 Å². The highest BCUT2D eigenvalue weighted by atomic mass is 16.5. The molecule has 5 rings (SSSR count). The molecule has 0 spiro atoms. The van der Waals surface area contributed by atoms with Gasteiger partial charge in [-0.05, 0) is 36.8 Å². The van der Waals surface area contributed by atoms with Crippen LogP contribution in [-0.4, -0.2) is 55.2 Å². The van der Waals surface area contributed by atoms with E-state index in [2.05, 4.69) is 4.98 Å². The SMILES string of the molecule is Cc1ccc2oc3c(c(=O)c2c1)[C@@H](c1ccncc1)N(CCC[NH+]1CCOCC1)C3=O. The number of amides is 1. The summed E-state index contributed by atoms with van der Waals surface area (Å²) in [6.45, 7) is 7.03. The third-order valence-electron chi connectivity index (χ3n) is 6.27. The van der Waals surface area contributed by atoms with Crippen molar-refractivity contribution in [1.82, 2.24) is 9.88 Å². The van der Waals surface area contributed by atoms with Gasteiger partial charge in [-0.1, -0.05) is 11.6 Å². The first-order chi connectivity index (χ1) is 15.1. The number of quaternary nitrogens is 1. The first-order valence-corrected chi connectivity index (χ1v) is 10.8. The van der Waals surface area contributed by atoms with E-state index < -0.39 is 6.04 Å². The van der Waals surface area contributed by atoms with Gasteiger partial charge in [0.2, 0.25) is 5.76 Å². The molecule has 2 aromatic heterocycles. The minimum Gasteiger partial charge on any atom is -0.450 e. The predicted molar refractivity (Wildman–Crippen MR) is 115 cm³/mol. The molecule has 0 bridgehead atoms. The zero-order valence-corrected chi connectivity index (χ0v) is 17.6. The Balaban J connectivity index is 1.52. The number of ether oxygens (including phenoxy) is 1. The second kappa shape index (κ2) is 8.24. The van der Waals surface area contributed by atoms with Gasteiger partial charge in [-0.3, -0.25) is 14.6 Å². The van der Waals surface area contributed by atoms with Crippen molar-refractivity contribution in [2.24, 2.45) is 0 Å². The van der Waals surface area contributed by atoms with Crippen molar-refractivity contribution in [2.45, 2.75) is 19.4 Å². The molecule has 160 valence electrons. The number of carbonyl (C=O) groups excluding carboxylic acids is 1. The fraction of sp³-hybridized carbons (Fsp3) is 0.375. The highest BCUT2D eigenvalue weighted by molar-refractivity contribution is 5.99. The van der Waals surface area contributed by atoms with E-state index in [1.165, 1.54) is 4.90 Å². The summed E-state index contributed by atoms with van der Waals surface area (Å²) in [6.07, 6.45) is 4.24. The Bertz CT molecular complexity index is 1170. The number of rotatable bonds is 5. The number of fused-ring (bicyclic) bond motifs is 2. The minimum absolute atomic E-state index is 0.128. The molecule has 7 nitrogen and oxygen atoms in total. The molecule has 0 radical (unpaired) electrons. The van der Waals surface area contributed by atoms with Crippen LogP contribution in [-0.2, 0) is 4.74 Å². The van der Waals surface area contributed by atoms with Gasteiger partial charge < -0.3 is 19.0 Å². The molecule has 1 N–H and O–H groups in total. The first kappa shape index (κ1) is 19.9. The lowest BCUT2D eigenvalue weighted by molar-refractivity contribution is -0.908. The lowest BCUT2D eigenvalue weighted by Gasteiger charge is -2.27. The van der Waals surface area contributed by atoms with E-state index in [0.29, 0.717) is 23.1 Å². The largest absolute Gasteiger partial charge is 0.450 e. The highest BCUT2D eigenvalue weighted by Gasteiger charge is 2.42. The van der Waals surface area contributed by atoms with E-state index in [0.717, 1.165) is 50.4 Å². The molecule has 0 unspecified atom stereocenters. The zero-order valence-electron chi connectivity index (χ0n) is 17.6. The number of pyridine rings is 1. The Hall–Kier alpha value is -3.03. The normalized spacial score (nSPS) is 19.2. The van der Waals surface area contributed by atoms with Gasteiger partial charge in [-0.25, -0.2) is 0 Å². The van der Waals surface area contributed by atoms with E-state index in [-0.39, 0.29) is 17.1 Å². The summed E-state index contributed by atoms with van der Waals surface area (Å²) in [4.78, 5) is 34.3. The van der Waals surface area contributed by atoms with Crippen molar-refractivity contribution in [1.29, 1.82) is 0 Å². The third-order valence-corrected chi connectivity index (χ3v) is 6.27. The van der Waals surface area contributed by atoms with Crippen molar-refractivity contribution in [3.05, 3.63) is 75.4 Å². The summed E-state index contributed by atoms with van der Waals surface area (Å²) in [5.41, 5.74) is 2.62. The van der Waals surface area contributed by atoms with Crippen LogP contribution in [0.4, 0.5) is 0 Å². The van der Waals surface area contributed by atoms with Gasteiger partial charge in [0.1, 0.15) is 18.7 Å². The van der Waals surface area contributed by atoms with Crippen molar-refractivity contribution in [3.63, 3.8) is 0 Å². The fourth-order valence-electron chi connectivity index (χ4n) is 4.67. The molecule has 0 saturated carbocycles. The van der Waals surface area contributed by atoms with Crippen LogP contribution in [0.2, 0.25) is 0 Å². The van der Waals surface area contributed by atoms with Crippen LogP contribution < -0.4 is 10.3 Å². The molecule has 2 aliphatic heterocycles. The van der Waals surface area contributed by atoms with Crippen molar-refractivity contribution in [3.8, 4) is 0 Å². The Labute approximate surface area is 180 Å². The molecule has 1 aromatic carbocycles. The number of benzene rings is 1. The van der Waals surface area contributed by atoms with Crippen molar-refractivity contribution >= 4 is 16.9 Å². The summed E-state index contributed by atoms with van der Waals surface area (Å²) in [5, 5.41) is 0.519. The molecule has 4 heterocycles. The molecular weight excluding hydrogens is 394 g/mol. The fourth-order valence-corrected chi connectivity index (χ4v) is 4.67. The molecule has 1 atom stereocenters. The minimum atomic E-state index is -0.452. The monoisotopic (exact) mass is 420 g/mol. The molecule has 1 saturated heterocycles. The second-order valence-electron chi connectivity index (χ2n) is 8.32. The van der Waals surface area contributed by atoms with Gasteiger partial charge in [0.05, 0.1) is 36.8 Å². The number of aryl methyl sites for hydroxylation is 1. The average molecular weight is 420 g/mol. The molecule has 3 aromatic rings. The number of nitrogens with zero attached hydrogens (tertiary/aromatic N) is 2. The Kier molecular flexibility index (Phi) is 5.29. The summed E-state index contributed by atoms with van der Waals surface area (Å²) >= 11 is 0. The standard InChI is InChI=1S/C24H25N3O4/c1-16-3-4-19-18(15-16)22(28)20-21(17-5-7-25-8-6-17)27(24(29)23(20)31-19)10-2-9-26-11-13-30-14-12-26/h3-8,15,21H,2,9-14H2,1H3/p+1/t21-/m1/s1. The number of hydrogen-bond donors (Lipinski definition) is 1. The Morgan fingerprint density at radius 1 is 1.13 bits per heavy atom. The smallest absolute Gasteiger partial charge is 0.290 e. The molecule has 7 heteroatoms. The van der Waals surface area contributed by atoms with E-state index >= 15 is 0 Å². The van der Waals surface area contributed by atoms with E-state index in [1.54, 1.807) is 23.4 Å². The van der Waals surface area contributed by atoms with E-state index in [1.807, 2.05) is 31.2 Å². The van der Waals surface area contributed by atoms with Gasteiger partial charge in [0.15, 0.2) is 5.43 Å². The van der Waals surface area contributed by atoms with Gasteiger partial charge in [-0.2, -0.15) is 0 Å². The summed E-state index contributed by atoms with van der Waals surface area (Å²) in [5.74, 6) is -0.0461. The molecule has 2 aliphatic rings. The van der Waals surface area contributed by atoms with Crippen molar-refractivity contribution < 1.29 is 18.8 Å². The summed E-state index contributed by atoms with van der Waals surface area (Å²) in [7, 11) is 0. The lowest BCUT2D eigenvalue weighted by atomic mass is 9.99. The number of carbonyl (C=O) groups is 1. The maximum atomic E-state index is 13.5. The zero-order chi connectivity index (χ0) is 21.4. The quantitative estimate of drug-likeness (QED) is 0.674. The summed E-state index contributed by atoms with van der Waals surface area (Å²) in [6, 6.07) is 8.78. The average Bonchev–Trinajstić information content (AvgIpc) is 3.08. The second-order valence-corrected chi connectivity index (χ2v) is 8.32. The van der Waals surface area contributed by atoms with Gasteiger partial charge >= 0.3 is 0 Å².